The van der Waals surface area contributed by atoms with Crippen molar-refractivity contribution in [2.75, 3.05) is 83.0 Å². The molecule has 29 nitrogen and oxygen atoms in total. The number of aromatic amines is 1. The summed E-state index contributed by atoms with van der Waals surface area (Å²) in [6.45, 7) is 2.78. The van der Waals surface area contributed by atoms with Gasteiger partial charge in [0.25, 0.3) is 10.9 Å². The number of aliphatic hydroxyl groups excluding tert-OH is 2. The van der Waals surface area contributed by atoms with Crippen LogP contribution in [0.4, 0.5) is 11.4 Å². The van der Waals surface area contributed by atoms with Gasteiger partial charge in [-0.3, -0.25) is 48.1 Å². The first-order chi connectivity index (χ1) is 37.4. The molecule has 3 aromatic rings. The second-order valence-corrected chi connectivity index (χ2v) is 17.8. The van der Waals surface area contributed by atoms with Crippen LogP contribution in [0.25, 0.3) is 0 Å². The minimum absolute atomic E-state index is 0.0289. The number of amides is 6. The quantitative estimate of drug-likeness (QED) is 0.0144. The van der Waals surface area contributed by atoms with E-state index in [1.165, 1.54) is 19.4 Å². The lowest BCUT2D eigenvalue weighted by atomic mass is 10.0. The largest absolute Gasteiger partial charge is 0.481 e. The summed E-state index contributed by atoms with van der Waals surface area (Å²) in [4.78, 5) is 148. The summed E-state index contributed by atoms with van der Waals surface area (Å²) in [5, 5.41) is 58.0. The van der Waals surface area contributed by atoms with Crippen LogP contribution in [0.1, 0.15) is 57.2 Å². The highest BCUT2D eigenvalue weighted by atomic mass is 16.5. The Balaban J connectivity index is 1.50. The minimum Gasteiger partial charge on any atom is -0.481 e. The number of rotatable bonds is 41. The number of nitrogens with zero attached hydrogens (tertiary/aromatic N) is 2. The van der Waals surface area contributed by atoms with Crippen LogP contribution in [-0.2, 0) is 65.5 Å². The van der Waals surface area contributed by atoms with Gasteiger partial charge in [0, 0.05) is 50.9 Å². The predicted octanol–water partition coefficient (Wildman–Crippen LogP) is -4.77. The van der Waals surface area contributed by atoms with Crippen LogP contribution >= 0.6 is 0 Å². The third-order valence-electron chi connectivity index (χ3n) is 11.8. The van der Waals surface area contributed by atoms with E-state index in [9.17, 15) is 73.2 Å². The van der Waals surface area contributed by atoms with Crippen LogP contribution in [0.3, 0.4) is 0 Å². The molecule has 0 spiro atoms. The van der Waals surface area contributed by atoms with E-state index in [0.29, 0.717) is 43.7 Å². The smallest absolute Gasteiger partial charge is 0.328 e. The number of aliphatic carboxylic acids is 2. The van der Waals surface area contributed by atoms with Crippen molar-refractivity contribution < 1.29 is 73.1 Å². The fraction of sp³-hybridized carbons (Fsp3) is 0.551. The van der Waals surface area contributed by atoms with E-state index < -0.39 is 121 Å². The summed E-state index contributed by atoms with van der Waals surface area (Å²) in [7, 11) is 0. The van der Waals surface area contributed by atoms with Crippen LogP contribution in [-0.4, -0.2) is 204 Å². The van der Waals surface area contributed by atoms with Crippen molar-refractivity contribution in [1.29, 1.82) is 0 Å². The minimum atomic E-state index is -1.75. The molecule has 29 heteroatoms. The maximum atomic E-state index is 13.7. The van der Waals surface area contributed by atoms with Crippen molar-refractivity contribution in [2.24, 2.45) is 5.73 Å². The summed E-state index contributed by atoms with van der Waals surface area (Å²) in [6, 6.07) is -1.72. The van der Waals surface area contributed by atoms with Gasteiger partial charge in [0.2, 0.25) is 35.4 Å². The number of unbranched alkanes of at least 4 members (excludes halogenated alkanes) is 1. The van der Waals surface area contributed by atoms with E-state index >= 15 is 0 Å². The third kappa shape index (κ3) is 22.1. The molecule has 1 aromatic heterocycles. The molecular formula is C49H72N12O17. The number of carbonyl (C=O) groups is 9. The number of aromatic nitrogens is 2. The number of hydrogen-bond acceptors (Lipinski definition) is 20. The van der Waals surface area contributed by atoms with Gasteiger partial charge in [-0.1, -0.05) is 43.7 Å². The van der Waals surface area contributed by atoms with E-state index in [1.807, 2.05) is 4.90 Å². The number of imidazole rings is 1. The SMILES string of the molecule is CCCCN(CCN)C(C=O)CCCNc1c(NCCOCCOCC(=O)N[C@@H](CC(=O)O)C(=O)NC(C)C(=O)N[C@@H](Cc2cnc[nH]2)C(=O)NC(CO)C(=O)N[C@@H](Cc2ccccc2)C(=O)NC(CO)C(=O)O)c(=O)c1=O. The molecule has 15 N–H and O–H groups in total. The Morgan fingerprint density at radius 2 is 1.31 bits per heavy atom. The lowest BCUT2D eigenvalue weighted by Crippen LogP contribution is -2.60. The van der Waals surface area contributed by atoms with Crippen molar-refractivity contribution in [3.05, 3.63) is 74.6 Å². The highest BCUT2D eigenvalue weighted by Gasteiger charge is 2.33. The Kier molecular flexibility index (Phi) is 28.9. The van der Waals surface area contributed by atoms with Crippen LogP contribution in [0.5, 0.6) is 0 Å². The molecule has 0 saturated carbocycles. The molecule has 3 rings (SSSR count). The number of carbonyl (C=O) groups excluding carboxylic acids is 7. The number of nitrogens with one attached hydrogen (secondary N) is 9. The molecule has 0 fully saturated rings. The fourth-order valence-electron chi connectivity index (χ4n) is 7.57. The summed E-state index contributed by atoms with van der Waals surface area (Å²) < 4.78 is 10.8. The second kappa shape index (κ2) is 34.9. The number of aliphatic hydroxyl groups is 2. The van der Waals surface area contributed by atoms with E-state index in [2.05, 4.69) is 59.4 Å². The normalized spacial score (nSPS) is 13.9. The van der Waals surface area contributed by atoms with Crippen molar-refractivity contribution >= 4 is 65.0 Å². The predicted molar refractivity (Wildman–Crippen MR) is 278 cm³/mol. The maximum Gasteiger partial charge on any atom is 0.328 e. The van der Waals surface area contributed by atoms with Crippen LogP contribution < -0.4 is 59.1 Å². The summed E-state index contributed by atoms with van der Waals surface area (Å²) in [5.74, 6) is -9.17. The molecule has 0 saturated heterocycles. The summed E-state index contributed by atoms with van der Waals surface area (Å²) >= 11 is 0. The first kappa shape index (κ1) is 64.6. The fourth-order valence-corrected chi connectivity index (χ4v) is 7.57. The number of anilines is 2. The molecule has 6 amide bonds. The lowest BCUT2D eigenvalue weighted by molar-refractivity contribution is -0.143. The first-order valence-electron chi connectivity index (χ1n) is 25.2. The molecule has 0 aliphatic carbocycles. The Hall–Kier alpha value is -7.70. The number of carboxylic acids is 2. The molecular weight excluding hydrogens is 1030 g/mol. The second-order valence-electron chi connectivity index (χ2n) is 17.8. The molecule has 0 radical (unpaired) electrons. The number of ether oxygens (including phenoxy) is 2. The number of hydrogen-bond donors (Lipinski definition) is 14. The molecule has 0 bridgehead atoms. The zero-order valence-electron chi connectivity index (χ0n) is 43.5. The van der Waals surface area contributed by atoms with Crippen LogP contribution in [0, 0.1) is 0 Å². The van der Waals surface area contributed by atoms with E-state index in [4.69, 9.17) is 15.2 Å². The van der Waals surface area contributed by atoms with Gasteiger partial charge in [0.1, 0.15) is 60.5 Å². The molecule has 2 aromatic carbocycles. The average Bonchev–Trinajstić information content (AvgIpc) is 3.94. The first-order valence-corrected chi connectivity index (χ1v) is 25.2. The molecule has 430 valence electrons. The highest BCUT2D eigenvalue weighted by molar-refractivity contribution is 5.97. The third-order valence-corrected chi connectivity index (χ3v) is 11.8. The van der Waals surface area contributed by atoms with Gasteiger partial charge in [-0.2, -0.15) is 0 Å². The van der Waals surface area contributed by atoms with Gasteiger partial charge < -0.3 is 87.9 Å². The van der Waals surface area contributed by atoms with Crippen molar-refractivity contribution in [3.8, 4) is 0 Å². The van der Waals surface area contributed by atoms with Gasteiger partial charge >= 0.3 is 11.9 Å². The standard InChI is InChI=1S/C49H72N12O17/c1-3-4-15-61(16-12-50)32(24-62)11-8-13-52-40-41(43(69)42(40)68)53-14-17-77-18-19-78-27-38(65)56-35(22-39(66)67)45(71)55-29(2)44(70)57-34(21-31-23-51-28-54-31)47(73)59-36(25-63)48(74)58-33(20-30-9-6-5-7-10-30)46(72)60-37(26-64)49(75)76/h5-7,9-10,23-24,28-29,32-37,52-53,63-64H,3-4,8,11-22,25-27,50H2,1-2H3,(H,51,54)(H,55,71)(H,56,65)(H,57,70)(H,58,74)(H,59,73)(H,60,72)(H,66,67)(H,75,76)/t29?,32?,33-,34-,35-,36?,37?/m0/s1. The number of aldehydes is 1. The Bertz CT molecular complexity index is 2470. The number of carboxylic acid groups (broad SMARTS) is 2. The van der Waals surface area contributed by atoms with Gasteiger partial charge in [0.15, 0.2) is 0 Å². The van der Waals surface area contributed by atoms with E-state index in [1.54, 1.807) is 30.3 Å². The molecule has 0 aliphatic rings. The van der Waals surface area contributed by atoms with Gasteiger partial charge in [-0.25, -0.2) is 9.78 Å². The molecule has 78 heavy (non-hydrogen) atoms. The van der Waals surface area contributed by atoms with Gasteiger partial charge in [0.05, 0.1) is 51.8 Å². The van der Waals surface area contributed by atoms with Crippen molar-refractivity contribution in [1.82, 2.24) is 46.8 Å². The molecule has 4 unspecified atom stereocenters. The van der Waals surface area contributed by atoms with Crippen LogP contribution in [0.2, 0.25) is 0 Å². The van der Waals surface area contributed by atoms with Gasteiger partial charge in [-0.15, -0.1) is 0 Å². The molecule has 1 heterocycles. The van der Waals surface area contributed by atoms with Crippen LogP contribution in [0.15, 0.2) is 52.4 Å². The number of benzene rings is 1. The highest BCUT2D eigenvalue weighted by Crippen LogP contribution is 2.15. The van der Waals surface area contributed by atoms with E-state index in [0.717, 1.165) is 25.7 Å². The molecule has 7 atom stereocenters. The average molecular weight is 1100 g/mol. The Morgan fingerprint density at radius 1 is 0.718 bits per heavy atom. The number of H-pyrrole nitrogens is 1. The zero-order valence-corrected chi connectivity index (χ0v) is 43.5. The lowest BCUT2D eigenvalue weighted by Gasteiger charge is -2.27. The van der Waals surface area contributed by atoms with Crippen molar-refractivity contribution in [2.45, 2.75) is 101 Å². The zero-order chi connectivity index (χ0) is 57.6. The monoisotopic (exact) mass is 1100 g/mol. The topological polar surface area (TPSA) is 441 Å². The van der Waals surface area contributed by atoms with Crippen molar-refractivity contribution in [3.63, 3.8) is 0 Å². The molecule has 0 aliphatic heterocycles. The maximum absolute atomic E-state index is 13.7. The summed E-state index contributed by atoms with van der Waals surface area (Å²) in [5.41, 5.74) is 5.45. The summed E-state index contributed by atoms with van der Waals surface area (Å²) in [6.07, 6.45) is 5.13. The van der Waals surface area contributed by atoms with E-state index in [-0.39, 0.29) is 56.6 Å². The van der Waals surface area contributed by atoms with Gasteiger partial charge in [-0.05, 0) is 38.3 Å². The Morgan fingerprint density at radius 3 is 1.90 bits per heavy atom. The number of nitrogens with two attached hydrogens (primary N) is 1. The Labute approximate surface area is 448 Å².